The van der Waals surface area contributed by atoms with E-state index < -0.39 is 29.2 Å². The van der Waals surface area contributed by atoms with Gasteiger partial charge in [0.25, 0.3) is 5.56 Å². The maximum Gasteiger partial charge on any atom is 0.308 e. The van der Waals surface area contributed by atoms with Crippen LogP contribution in [0.2, 0.25) is 0 Å². The summed E-state index contributed by atoms with van der Waals surface area (Å²) in [6.45, 7) is 5.57. The van der Waals surface area contributed by atoms with Crippen LogP contribution >= 0.6 is 0 Å². The lowest BCUT2D eigenvalue weighted by Gasteiger charge is -2.17. The van der Waals surface area contributed by atoms with E-state index in [2.05, 4.69) is 5.10 Å². The molecule has 0 amide bonds. The molecular formula is C15H17FN2O3. The van der Waals surface area contributed by atoms with Crippen LogP contribution in [-0.2, 0) is 16.6 Å². The van der Waals surface area contributed by atoms with Gasteiger partial charge in [-0.15, -0.1) is 0 Å². The number of hydrogen-bond acceptors (Lipinski definition) is 2. The van der Waals surface area contributed by atoms with Gasteiger partial charge < -0.3 is 5.11 Å². The molecule has 2 rings (SSSR count). The molecular weight excluding hydrogens is 275 g/mol. The minimum atomic E-state index is -1.10. The third kappa shape index (κ3) is 2.89. The minimum Gasteiger partial charge on any atom is -0.481 e. The molecule has 1 heterocycles. The SMILES string of the molecule is CC(C)(C)c1[nH]n(-c2ccccc2F)c(=O)c1CC(=O)O. The molecule has 1 aromatic carbocycles. The molecule has 0 saturated carbocycles. The highest BCUT2D eigenvalue weighted by molar-refractivity contribution is 5.70. The molecule has 2 aromatic rings. The monoisotopic (exact) mass is 292 g/mol. The summed E-state index contributed by atoms with van der Waals surface area (Å²) in [7, 11) is 0. The number of halogens is 1. The standard InChI is InChI=1S/C15H17FN2O3/c1-15(2,3)13-9(8-12(19)20)14(21)18(17-13)11-7-5-4-6-10(11)16/h4-7,17H,8H2,1-3H3,(H,19,20). The van der Waals surface area contributed by atoms with Gasteiger partial charge >= 0.3 is 5.97 Å². The number of nitrogens with one attached hydrogen (secondary N) is 1. The van der Waals surface area contributed by atoms with E-state index in [1.54, 1.807) is 6.07 Å². The van der Waals surface area contributed by atoms with Crippen molar-refractivity contribution in [1.29, 1.82) is 0 Å². The summed E-state index contributed by atoms with van der Waals surface area (Å²) in [4.78, 5) is 23.4. The van der Waals surface area contributed by atoms with Gasteiger partial charge in [0.15, 0.2) is 0 Å². The quantitative estimate of drug-likeness (QED) is 0.911. The first-order valence-corrected chi connectivity index (χ1v) is 6.53. The molecule has 0 aliphatic heterocycles. The summed E-state index contributed by atoms with van der Waals surface area (Å²) in [5, 5.41) is 11.8. The van der Waals surface area contributed by atoms with Crippen LogP contribution in [-0.4, -0.2) is 20.9 Å². The number of hydrogen-bond donors (Lipinski definition) is 2. The minimum absolute atomic E-state index is 0.0737. The number of aromatic nitrogens is 2. The Morgan fingerprint density at radius 1 is 1.33 bits per heavy atom. The second-order valence-corrected chi connectivity index (χ2v) is 5.88. The van der Waals surface area contributed by atoms with E-state index >= 15 is 0 Å². The second-order valence-electron chi connectivity index (χ2n) is 5.88. The van der Waals surface area contributed by atoms with Crippen LogP contribution in [0.3, 0.4) is 0 Å². The van der Waals surface area contributed by atoms with Crippen molar-refractivity contribution in [3.8, 4) is 5.69 Å². The average Bonchev–Trinajstić information content (AvgIpc) is 2.67. The van der Waals surface area contributed by atoms with Crippen LogP contribution in [0.5, 0.6) is 0 Å². The molecule has 0 bridgehead atoms. The van der Waals surface area contributed by atoms with Crippen molar-refractivity contribution in [2.45, 2.75) is 32.6 Å². The molecule has 0 aliphatic carbocycles. The van der Waals surface area contributed by atoms with Crippen LogP contribution in [0.25, 0.3) is 5.69 Å². The number of carboxylic acids is 1. The third-order valence-corrected chi connectivity index (χ3v) is 3.16. The topological polar surface area (TPSA) is 75.1 Å². The Morgan fingerprint density at radius 2 is 1.95 bits per heavy atom. The van der Waals surface area contributed by atoms with Crippen LogP contribution < -0.4 is 5.56 Å². The lowest BCUT2D eigenvalue weighted by molar-refractivity contribution is -0.136. The van der Waals surface area contributed by atoms with Gasteiger partial charge in [-0.25, -0.2) is 9.07 Å². The van der Waals surface area contributed by atoms with Crippen LogP contribution in [0, 0.1) is 5.82 Å². The smallest absolute Gasteiger partial charge is 0.308 e. The number of carboxylic acid groups (broad SMARTS) is 1. The van der Waals surface area contributed by atoms with E-state index in [0.29, 0.717) is 5.69 Å². The van der Waals surface area contributed by atoms with E-state index in [1.807, 2.05) is 20.8 Å². The molecule has 5 nitrogen and oxygen atoms in total. The molecule has 0 atom stereocenters. The highest BCUT2D eigenvalue weighted by Gasteiger charge is 2.26. The number of para-hydroxylation sites is 1. The largest absolute Gasteiger partial charge is 0.481 e. The van der Waals surface area contributed by atoms with Gasteiger partial charge in [-0.2, -0.15) is 0 Å². The Balaban J connectivity index is 2.71. The van der Waals surface area contributed by atoms with Crippen molar-refractivity contribution in [3.05, 3.63) is 51.7 Å². The Hall–Kier alpha value is -2.37. The van der Waals surface area contributed by atoms with Crippen LogP contribution in [0.1, 0.15) is 32.0 Å². The number of aliphatic carboxylic acids is 1. The van der Waals surface area contributed by atoms with Crippen molar-refractivity contribution in [1.82, 2.24) is 9.78 Å². The van der Waals surface area contributed by atoms with Crippen molar-refractivity contribution < 1.29 is 14.3 Å². The van der Waals surface area contributed by atoms with Gasteiger partial charge in [-0.1, -0.05) is 32.9 Å². The number of benzene rings is 1. The summed E-state index contributed by atoms with van der Waals surface area (Å²) in [6, 6.07) is 5.84. The van der Waals surface area contributed by atoms with Crippen molar-refractivity contribution in [2.75, 3.05) is 0 Å². The number of aromatic amines is 1. The summed E-state index contributed by atoms with van der Waals surface area (Å²) >= 11 is 0. The summed E-state index contributed by atoms with van der Waals surface area (Å²) in [5.74, 6) is -1.65. The Labute approximate surface area is 121 Å². The predicted molar refractivity (Wildman–Crippen MR) is 76.4 cm³/mol. The molecule has 112 valence electrons. The van der Waals surface area contributed by atoms with Crippen LogP contribution in [0.15, 0.2) is 29.1 Å². The zero-order valence-corrected chi connectivity index (χ0v) is 12.1. The van der Waals surface area contributed by atoms with Gasteiger partial charge in [-0.05, 0) is 12.1 Å². The van der Waals surface area contributed by atoms with E-state index in [-0.39, 0.29) is 11.3 Å². The molecule has 6 heteroatoms. The maximum atomic E-state index is 13.9. The van der Waals surface area contributed by atoms with E-state index in [0.717, 1.165) is 4.68 Å². The molecule has 0 radical (unpaired) electrons. The average molecular weight is 292 g/mol. The van der Waals surface area contributed by atoms with Gasteiger partial charge in [0, 0.05) is 11.1 Å². The summed E-state index contributed by atoms with van der Waals surface area (Å²) in [6.07, 6.45) is -0.399. The molecule has 0 fully saturated rings. The fraction of sp³-hybridized carbons (Fsp3) is 0.333. The first kappa shape index (κ1) is 15.0. The molecule has 0 unspecified atom stereocenters. The number of H-pyrrole nitrogens is 1. The Kier molecular flexibility index (Phi) is 3.72. The Morgan fingerprint density at radius 3 is 2.48 bits per heavy atom. The molecule has 0 saturated heterocycles. The third-order valence-electron chi connectivity index (χ3n) is 3.16. The summed E-state index contributed by atoms with van der Waals surface area (Å²) < 4.78 is 14.9. The fourth-order valence-electron chi connectivity index (χ4n) is 2.21. The normalized spacial score (nSPS) is 11.6. The van der Waals surface area contributed by atoms with E-state index in [9.17, 15) is 14.0 Å². The van der Waals surface area contributed by atoms with Crippen molar-refractivity contribution >= 4 is 5.97 Å². The molecule has 0 aliphatic rings. The molecule has 21 heavy (non-hydrogen) atoms. The molecule has 1 aromatic heterocycles. The molecule has 0 spiro atoms. The number of rotatable bonds is 3. The zero-order chi connectivity index (χ0) is 15.8. The van der Waals surface area contributed by atoms with Crippen molar-refractivity contribution in [2.24, 2.45) is 0 Å². The zero-order valence-electron chi connectivity index (χ0n) is 12.1. The van der Waals surface area contributed by atoms with Gasteiger partial charge in [0.2, 0.25) is 0 Å². The highest BCUT2D eigenvalue weighted by Crippen LogP contribution is 2.24. The van der Waals surface area contributed by atoms with E-state index in [1.165, 1.54) is 18.2 Å². The van der Waals surface area contributed by atoms with Gasteiger partial charge in [0.05, 0.1) is 12.0 Å². The van der Waals surface area contributed by atoms with Crippen molar-refractivity contribution in [3.63, 3.8) is 0 Å². The predicted octanol–water partition coefficient (Wildman–Crippen LogP) is 2.23. The lowest BCUT2D eigenvalue weighted by atomic mass is 9.89. The van der Waals surface area contributed by atoms with E-state index in [4.69, 9.17) is 5.11 Å². The Bertz CT molecular complexity index is 738. The first-order valence-electron chi connectivity index (χ1n) is 6.53. The van der Waals surface area contributed by atoms with Gasteiger partial charge in [-0.3, -0.25) is 14.7 Å². The maximum absolute atomic E-state index is 13.9. The summed E-state index contributed by atoms with van der Waals surface area (Å²) in [5.41, 5.74) is -0.269. The highest BCUT2D eigenvalue weighted by atomic mass is 19.1. The number of carbonyl (C=O) groups is 1. The molecule has 2 N–H and O–H groups in total. The lowest BCUT2D eigenvalue weighted by Crippen LogP contribution is -2.21. The van der Waals surface area contributed by atoms with Gasteiger partial charge in [0.1, 0.15) is 11.5 Å². The second kappa shape index (κ2) is 5.20. The number of nitrogens with zero attached hydrogens (tertiary/aromatic N) is 1. The first-order chi connectivity index (χ1) is 9.71. The fourth-order valence-corrected chi connectivity index (χ4v) is 2.21. The van der Waals surface area contributed by atoms with Crippen LogP contribution in [0.4, 0.5) is 4.39 Å².